The quantitative estimate of drug-likeness (QED) is 0.456. The Bertz CT molecular complexity index is 1270. The fraction of sp³-hybridized carbons (Fsp3) is 0.458. The summed E-state index contributed by atoms with van der Waals surface area (Å²) in [6.45, 7) is 3.07. The zero-order chi connectivity index (χ0) is 24.5. The average Bonchev–Trinajstić information content (AvgIpc) is 3.55. The SMILES string of the molecule is CCN(Cc1ccc(Nc2nn(C(CC#N)C3CC3)c3cc[nH]c(=O)c23)cc1C)CC(F)(F)F. The number of alkyl halides is 3. The number of pyridine rings is 1. The molecule has 4 rings (SSSR count). The highest BCUT2D eigenvalue weighted by Crippen LogP contribution is 2.43. The predicted molar refractivity (Wildman–Crippen MR) is 124 cm³/mol. The van der Waals surface area contributed by atoms with E-state index in [0.717, 1.165) is 24.0 Å². The van der Waals surface area contributed by atoms with Gasteiger partial charge in [-0.15, -0.1) is 0 Å². The molecule has 2 aromatic heterocycles. The summed E-state index contributed by atoms with van der Waals surface area (Å²) >= 11 is 0. The first-order chi connectivity index (χ1) is 16.2. The summed E-state index contributed by atoms with van der Waals surface area (Å²) < 4.78 is 40.2. The van der Waals surface area contributed by atoms with Gasteiger partial charge in [-0.25, -0.2) is 0 Å². The van der Waals surface area contributed by atoms with Gasteiger partial charge >= 0.3 is 6.18 Å². The normalized spacial score (nSPS) is 15.0. The maximum absolute atomic E-state index is 12.8. The second kappa shape index (κ2) is 9.50. The summed E-state index contributed by atoms with van der Waals surface area (Å²) in [6.07, 6.45) is -0.301. The van der Waals surface area contributed by atoms with Crippen molar-refractivity contribution in [2.24, 2.45) is 5.92 Å². The molecule has 0 radical (unpaired) electrons. The third-order valence-electron chi connectivity index (χ3n) is 6.26. The fourth-order valence-electron chi connectivity index (χ4n) is 4.33. The highest BCUT2D eigenvalue weighted by Gasteiger charge is 2.34. The molecular weight excluding hydrogens is 445 g/mol. The molecule has 1 atom stereocenters. The summed E-state index contributed by atoms with van der Waals surface area (Å²) in [5.74, 6) is 0.759. The summed E-state index contributed by atoms with van der Waals surface area (Å²) in [6, 6.07) is 9.34. The average molecular weight is 473 g/mol. The van der Waals surface area contributed by atoms with Crippen molar-refractivity contribution >= 4 is 22.4 Å². The van der Waals surface area contributed by atoms with E-state index in [-0.39, 0.29) is 24.7 Å². The molecule has 180 valence electrons. The Kier molecular flexibility index (Phi) is 6.66. The molecule has 0 amide bonds. The van der Waals surface area contributed by atoms with Crippen molar-refractivity contribution in [3.8, 4) is 6.07 Å². The van der Waals surface area contributed by atoms with Crippen LogP contribution in [-0.2, 0) is 6.54 Å². The van der Waals surface area contributed by atoms with E-state index in [1.165, 1.54) is 4.90 Å². The number of nitrogens with one attached hydrogen (secondary N) is 2. The van der Waals surface area contributed by atoms with Gasteiger partial charge in [0.05, 0.1) is 30.6 Å². The van der Waals surface area contributed by atoms with Crippen LogP contribution in [0.3, 0.4) is 0 Å². The zero-order valence-corrected chi connectivity index (χ0v) is 19.1. The van der Waals surface area contributed by atoms with Crippen LogP contribution in [0.1, 0.15) is 43.4 Å². The van der Waals surface area contributed by atoms with E-state index in [0.29, 0.717) is 34.7 Å². The van der Waals surface area contributed by atoms with Crippen LogP contribution in [0.4, 0.5) is 24.7 Å². The zero-order valence-electron chi connectivity index (χ0n) is 19.1. The van der Waals surface area contributed by atoms with Gasteiger partial charge in [0.1, 0.15) is 5.39 Å². The van der Waals surface area contributed by atoms with E-state index in [1.54, 1.807) is 36.0 Å². The molecule has 34 heavy (non-hydrogen) atoms. The van der Waals surface area contributed by atoms with Gasteiger partial charge < -0.3 is 10.3 Å². The van der Waals surface area contributed by atoms with Gasteiger partial charge in [-0.1, -0.05) is 13.0 Å². The number of aromatic nitrogens is 3. The van der Waals surface area contributed by atoms with Crippen LogP contribution in [-0.4, -0.2) is 38.9 Å². The van der Waals surface area contributed by atoms with Crippen molar-refractivity contribution in [3.63, 3.8) is 0 Å². The Hall–Kier alpha value is -3.32. The molecule has 2 N–H and O–H groups in total. The van der Waals surface area contributed by atoms with Gasteiger partial charge in [-0.05, 0) is 61.6 Å². The van der Waals surface area contributed by atoms with Crippen molar-refractivity contribution in [1.29, 1.82) is 5.26 Å². The number of hydrogen-bond acceptors (Lipinski definition) is 5. The number of rotatable bonds is 9. The molecular formula is C24H27F3N6O. The van der Waals surface area contributed by atoms with E-state index in [4.69, 9.17) is 0 Å². The number of anilines is 2. The van der Waals surface area contributed by atoms with Crippen molar-refractivity contribution in [1.82, 2.24) is 19.7 Å². The summed E-state index contributed by atoms with van der Waals surface area (Å²) in [4.78, 5) is 16.7. The topological polar surface area (TPSA) is 89.7 Å². The highest BCUT2D eigenvalue weighted by atomic mass is 19.4. The summed E-state index contributed by atoms with van der Waals surface area (Å²) in [5.41, 5.74) is 2.70. The number of halogens is 3. The molecule has 2 heterocycles. The smallest absolute Gasteiger partial charge is 0.338 e. The molecule has 3 aromatic rings. The monoisotopic (exact) mass is 472 g/mol. The van der Waals surface area contributed by atoms with E-state index in [2.05, 4.69) is 21.5 Å². The fourth-order valence-corrected chi connectivity index (χ4v) is 4.33. The van der Waals surface area contributed by atoms with Gasteiger partial charge in [0.25, 0.3) is 5.56 Å². The number of aromatic amines is 1. The molecule has 10 heteroatoms. The minimum atomic E-state index is -4.25. The number of aryl methyl sites for hydroxylation is 1. The second-order valence-electron chi connectivity index (χ2n) is 8.81. The lowest BCUT2D eigenvalue weighted by Gasteiger charge is -2.23. The maximum atomic E-state index is 12.8. The Morgan fingerprint density at radius 3 is 2.74 bits per heavy atom. The van der Waals surface area contributed by atoms with E-state index in [9.17, 15) is 23.2 Å². The molecule has 1 fully saturated rings. The first kappa shape index (κ1) is 23.8. The van der Waals surface area contributed by atoms with Gasteiger partial charge in [0.15, 0.2) is 5.82 Å². The maximum Gasteiger partial charge on any atom is 0.401 e. The van der Waals surface area contributed by atoms with Crippen molar-refractivity contribution in [2.75, 3.05) is 18.4 Å². The lowest BCUT2D eigenvalue weighted by atomic mass is 10.1. The molecule has 1 aliphatic carbocycles. The Morgan fingerprint density at radius 1 is 1.35 bits per heavy atom. The highest BCUT2D eigenvalue weighted by molar-refractivity contribution is 5.91. The first-order valence-corrected chi connectivity index (χ1v) is 11.3. The first-order valence-electron chi connectivity index (χ1n) is 11.3. The minimum Gasteiger partial charge on any atom is -0.338 e. The van der Waals surface area contributed by atoms with Crippen LogP contribution in [0, 0.1) is 24.2 Å². The molecule has 0 aliphatic heterocycles. The molecule has 1 aliphatic rings. The number of fused-ring (bicyclic) bond motifs is 1. The molecule has 7 nitrogen and oxygen atoms in total. The minimum absolute atomic E-state index is 0.0948. The largest absolute Gasteiger partial charge is 0.401 e. The number of hydrogen-bond donors (Lipinski definition) is 2. The number of nitriles is 1. The van der Waals surface area contributed by atoms with Crippen LogP contribution < -0.4 is 10.9 Å². The van der Waals surface area contributed by atoms with E-state index >= 15 is 0 Å². The lowest BCUT2D eigenvalue weighted by Crippen LogP contribution is -2.33. The van der Waals surface area contributed by atoms with E-state index in [1.807, 2.05) is 13.0 Å². The third kappa shape index (κ3) is 5.25. The summed E-state index contributed by atoms with van der Waals surface area (Å²) in [7, 11) is 0. The number of benzene rings is 1. The van der Waals surface area contributed by atoms with Gasteiger partial charge in [0, 0.05) is 18.4 Å². The Labute approximate surface area is 195 Å². The van der Waals surface area contributed by atoms with Gasteiger partial charge in [0.2, 0.25) is 0 Å². The Morgan fingerprint density at radius 2 is 2.12 bits per heavy atom. The Balaban J connectivity index is 1.62. The van der Waals surface area contributed by atoms with Crippen LogP contribution in [0.5, 0.6) is 0 Å². The van der Waals surface area contributed by atoms with Crippen LogP contribution >= 0.6 is 0 Å². The number of nitrogens with zero attached hydrogens (tertiary/aromatic N) is 4. The molecule has 0 bridgehead atoms. The molecule has 1 saturated carbocycles. The summed E-state index contributed by atoms with van der Waals surface area (Å²) in [5, 5.41) is 17.6. The van der Waals surface area contributed by atoms with Crippen molar-refractivity contribution in [3.05, 3.63) is 51.9 Å². The number of H-pyrrole nitrogens is 1. The predicted octanol–water partition coefficient (Wildman–Crippen LogP) is 5.03. The lowest BCUT2D eigenvalue weighted by molar-refractivity contribution is -0.146. The molecule has 1 aromatic carbocycles. The molecule has 1 unspecified atom stereocenters. The molecule has 0 spiro atoms. The van der Waals surface area contributed by atoms with Crippen molar-refractivity contribution in [2.45, 2.75) is 51.9 Å². The van der Waals surface area contributed by atoms with Gasteiger partial charge in [-0.3, -0.25) is 14.4 Å². The molecule has 0 saturated heterocycles. The van der Waals surface area contributed by atoms with Crippen molar-refractivity contribution < 1.29 is 13.2 Å². The van der Waals surface area contributed by atoms with Crippen LogP contribution in [0.2, 0.25) is 0 Å². The van der Waals surface area contributed by atoms with Crippen LogP contribution in [0.15, 0.2) is 35.3 Å². The second-order valence-corrected chi connectivity index (χ2v) is 8.81. The third-order valence-corrected chi connectivity index (χ3v) is 6.26. The van der Waals surface area contributed by atoms with Crippen LogP contribution in [0.25, 0.3) is 10.9 Å². The van der Waals surface area contributed by atoms with Gasteiger partial charge in [-0.2, -0.15) is 23.5 Å². The van der Waals surface area contributed by atoms with E-state index < -0.39 is 12.7 Å². The standard InChI is InChI=1S/C24H27F3N6O/c1-3-32(14-24(25,26)27)13-17-6-7-18(12-15(17)2)30-22-21-20(9-11-29-23(21)34)33(31-22)19(8-10-28)16-4-5-16/h6-7,9,11-12,16,19H,3-5,8,13-14H2,1-2H3,(H,29,34)(H,30,31).